The third-order valence-electron chi connectivity index (χ3n) is 5.31. The second-order valence-electron chi connectivity index (χ2n) is 7.90. The highest BCUT2D eigenvalue weighted by atomic mass is 32.2. The molecule has 0 saturated carbocycles. The van der Waals surface area contributed by atoms with Crippen LogP contribution in [0.1, 0.15) is 20.5 Å². The van der Waals surface area contributed by atoms with E-state index in [1.165, 1.54) is 46.6 Å². The first-order valence-corrected chi connectivity index (χ1v) is 13.9. The lowest BCUT2D eigenvalue weighted by Gasteiger charge is -2.17. The fourth-order valence-electron chi connectivity index (χ4n) is 3.54. The predicted octanol–water partition coefficient (Wildman–Crippen LogP) is 7.74. The Morgan fingerprint density at radius 2 is 1.68 bits per heavy atom. The van der Waals surface area contributed by atoms with Crippen LogP contribution in [-0.2, 0) is 4.79 Å². The zero-order chi connectivity index (χ0) is 25.6. The number of carbonyl (C=O) groups excluding carboxylic acids is 2. The largest absolute Gasteiger partial charge is 0.321 e. The quantitative estimate of drug-likeness (QED) is 0.196. The van der Waals surface area contributed by atoms with E-state index in [1.54, 1.807) is 18.2 Å². The number of hydrogen-bond donors (Lipinski definition) is 2. The van der Waals surface area contributed by atoms with Crippen LogP contribution in [0.5, 0.6) is 0 Å². The minimum atomic E-state index is -0.553. The Morgan fingerprint density at radius 1 is 0.865 bits per heavy atom. The maximum absolute atomic E-state index is 13.4. The molecule has 0 aliphatic carbocycles. The Kier molecular flexibility index (Phi) is 7.74. The van der Waals surface area contributed by atoms with Gasteiger partial charge in [0.05, 0.1) is 10.6 Å². The number of thiophene rings is 1. The zero-order valence-electron chi connectivity index (χ0n) is 19.3. The molecule has 0 aliphatic rings. The molecule has 9 heteroatoms. The van der Waals surface area contributed by atoms with E-state index in [1.807, 2.05) is 71.4 Å². The number of carbonyl (C=O) groups is 2. The minimum absolute atomic E-state index is 0.171. The number of thioether (sulfide) groups is 1. The Hall–Kier alpha value is -3.79. The van der Waals surface area contributed by atoms with Gasteiger partial charge in [-0.3, -0.25) is 9.59 Å². The Morgan fingerprint density at radius 3 is 2.43 bits per heavy atom. The lowest BCUT2D eigenvalue weighted by Crippen LogP contribution is -2.19. The van der Waals surface area contributed by atoms with E-state index in [9.17, 15) is 14.0 Å². The molecule has 0 radical (unpaired) electrons. The van der Waals surface area contributed by atoms with Crippen molar-refractivity contribution in [2.45, 2.75) is 10.1 Å². The summed E-state index contributed by atoms with van der Waals surface area (Å²) < 4.78 is 13.3. The van der Waals surface area contributed by atoms with Crippen LogP contribution in [-0.4, -0.2) is 16.8 Å². The molecule has 184 valence electrons. The smallest absolute Gasteiger partial charge is 0.265 e. The number of benzene rings is 3. The molecular weight excluding hydrogens is 526 g/mol. The van der Waals surface area contributed by atoms with Gasteiger partial charge in [-0.05, 0) is 59.5 Å². The predicted molar refractivity (Wildman–Crippen MR) is 150 cm³/mol. The normalized spacial score (nSPS) is 11.6. The van der Waals surface area contributed by atoms with E-state index in [4.69, 9.17) is 0 Å². The highest BCUT2D eigenvalue weighted by molar-refractivity contribution is 8.00. The highest BCUT2D eigenvalue weighted by Crippen LogP contribution is 2.38. The lowest BCUT2D eigenvalue weighted by atomic mass is 10.1. The van der Waals surface area contributed by atoms with Gasteiger partial charge < -0.3 is 10.6 Å². The van der Waals surface area contributed by atoms with Crippen LogP contribution < -0.4 is 10.6 Å². The van der Waals surface area contributed by atoms with Crippen LogP contribution >= 0.6 is 34.4 Å². The number of nitrogens with one attached hydrogen (secondary N) is 2. The highest BCUT2D eigenvalue weighted by Gasteiger charge is 2.23. The van der Waals surface area contributed by atoms with Gasteiger partial charge in [-0.15, -0.1) is 34.4 Å². The van der Waals surface area contributed by atoms with Gasteiger partial charge in [0.15, 0.2) is 5.13 Å². The van der Waals surface area contributed by atoms with Crippen LogP contribution in [0.4, 0.5) is 15.2 Å². The van der Waals surface area contributed by atoms with Crippen molar-refractivity contribution in [1.29, 1.82) is 0 Å². The molecule has 5 rings (SSSR count). The van der Waals surface area contributed by atoms with E-state index in [0.29, 0.717) is 21.4 Å². The molecule has 2 aromatic heterocycles. The van der Waals surface area contributed by atoms with Crippen molar-refractivity contribution in [3.05, 3.63) is 118 Å². The maximum Gasteiger partial charge on any atom is 0.265 e. The second kappa shape index (κ2) is 11.5. The van der Waals surface area contributed by atoms with Crippen molar-refractivity contribution in [3.8, 4) is 11.3 Å². The van der Waals surface area contributed by atoms with Crippen molar-refractivity contribution >= 4 is 57.1 Å². The molecule has 2 heterocycles. The van der Waals surface area contributed by atoms with Crippen molar-refractivity contribution in [2.24, 2.45) is 0 Å². The molecule has 0 fully saturated rings. The summed E-state index contributed by atoms with van der Waals surface area (Å²) >= 11 is 4.07. The van der Waals surface area contributed by atoms with E-state index >= 15 is 0 Å². The molecule has 1 atom stereocenters. The number of hydrogen-bond acceptors (Lipinski definition) is 6. The molecule has 0 spiro atoms. The average molecular weight is 546 g/mol. The minimum Gasteiger partial charge on any atom is -0.321 e. The molecular formula is C28H20FN3O2S3. The number of aromatic nitrogens is 1. The van der Waals surface area contributed by atoms with Crippen molar-refractivity contribution in [1.82, 2.24) is 4.98 Å². The number of rotatable bonds is 8. The molecule has 5 nitrogen and oxygen atoms in total. The molecule has 5 aromatic rings. The summed E-state index contributed by atoms with van der Waals surface area (Å²) in [7, 11) is 0. The number of thiazole rings is 1. The Labute approximate surface area is 225 Å². The molecule has 2 amide bonds. The van der Waals surface area contributed by atoms with Crippen molar-refractivity contribution in [3.63, 3.8) is 0 Å². The van der Waals surface area contributed by atoms with Gasteiger partial charge in [0.25, 0.3) is 5.91 Å². The molecule has 0 bridgehead atoms. The number of halogens is 1. The summed E-state index contributed by atoms with van der Waals surface area (Å²) in [5.41, 5.74) is 2.93. The summed E-state index contributed by atoms with van der Waals surface area (Å²) in [6, 6.07) is 26.6. The SMILES string of the molecule is O=C(Nc1cccc(SC(C(=O)Nc2nc(-c3ccc(F)cc3)cs2)c2ccccc2)c1)c1cccs1. The number of amides is 2. The average Bonchev–Trinajstić information content (AvgIpc) is 3.61. The maximum atomic E-state index is 13.4. The molecule has 1 unspecified atom stereocenters. The zero-order valence-corrected chi connectivity index (χ0v) is 21.7. The van der Waals surface area contributed by atoms with Crippen LogP contribution in [0, 0.1) is 5.82 Å². The second-order valence-corrected chi connectivity index (χ2v) is 10.9. The first kappa shape index (κ1) is 24.9. The van der Waals surface area contributed by atoms with E-state index in [0.717, 1.165) is 16.0 Å². The molecule has 2 N–H and O–H groups in total. The van der Waals surface area contributed by atoms with Crippen LogP contribution in [0.15, 0.2) is 107 Å². The summed E-state index contributed by atoms with van der Waals surface area (Å²) in [5.74, 6) is -0.704. The Balaban J connectivity index is 1.34. The van der Waals surface area contributed by atoms with Crippen LogP contribution in [0.3, 0.4) is 0 Å². The van der Waals surface area contributed by atoms with Crippen molar-refractivity contribution < 1.29 is 14.0 Å². The summed E-state index contributed by atoms with van der Waals surface area (Å²) in [6.07, 6.45) is 0. The van der Waals surface area contributed by atoms with E-state index < -0.39 is 5.25 Å². The number of nitrogens with zero attached hydrogens (tertiary/aromatic N) is 1. The van der Waals surface area contributed by atoms with Gasteiger partial charge in [0.2, 0.25) is 5.91 Å². The fourth-order valence-corrected chi connectivity index (χ4v) is 5.96. The van der Waals surface area contributed by atoms with Crippen LogP contribution in [0.25, 0.3) is 11.3 Å². The molecule has 0 aliphatic heterocycles. The summed E-state index contributed by atoms with van der Waals surface area (Å²) in [5, 5.41) is 9.44. The van der Waals surface area contributed by atoms with E-state index in [2.05, 4.69) is 15.6 Å². The molecule has 37 heavy (non-hydrogen) atoms. The fraction of sp³-hybridized carbons (Fsp3) is 0.0357. The first-order chi connectivity index (χ1) is 18.0. The van der Waals surface area contributed by atoms with Gasteiger partial charge in [0.1, 0.15) is 11.1 Å². The number of anilines is 2. The van der Waals surface area contributed by atoms with E-state index in [-0.39, 0.29) is 17.6 Å². The standard InChI is InChI=1S/C28H20FN3O2S3/c29-20-13-11-18(12-14-20)23-17-36-28(31-23)32-27(34)25(19-6-2-1-3-7-19)37-22-9-4-8-21(16-22)30-26(33)24-10-5-15-35-24/h1-17,25H,(H,30,33)(H,31,32,34). The lowest BCUT2D eigenvalue weighted by molar-refractivity contribution is -0.115. The third-order valence-corrected chi connectivity index (χ3v) is 8.18. The van der Waals surface area contributed by atoms with Gasteiger partial charge in [-0.2, -0.15) is 0 Å². The van der Waals surface area contributed by atoms with Crippen LogP contribution in [0.2, 0.25) is 0 Å². The third kappa shape index (κ3) is 6.32. The molecule has 3 aromatic carbocycles. The first-order valence-electron chi connectivity index (χ1n) is 11.2. The molecule has 0 saturated heterocycles. The van der Waals surface area contributed by atoms with Gasteiger partial charge in [0, 0.05) is 21.5 Å². The summed E-state index contributed by atoms with van der Waals surface area (Å²) in [6.45, 7) is 0. The van der Waals surface area contributed by atoms with Gasteiger partial charge in [-0.1, -0.05) is 42.5 Å². The van der Waals surface area contributed by atoms with Gasteiger partial charge in [-0.25, -0.2) is 9.37 Å². The van der Waals surface area contributed by atoms with Crippen molar-refractivity contribution in [2.75, 3.05) is 10.6 Å². The monoisotopic (exact) mass is 545 g/mol. The topological polar surface area (TPSA) is 71.1 Å². The Bertz CT molecular complexity index is 1500. The van der Waals surface area contributed by atoms with Gasteiger partial charge >= 0.3 is 0 Å². The summed E-state index contributed by atoms with van der Waals surface area (Å²) in [4.78, 5) is 31.9.